The Morgan fingerprint density at radius 3 is 2.49 bits per heavy atom. The summed E-state index contributed by atoms with van der Waals surface area (Å²) < 4.78 is 13.1. The molecule has 0 fully saturated rings. The highest BCUT2D eigenvalue weighted by atomic mass is 16.5. The third-order valence-electron chi connectivity index (χ3n) is 7.96. The molecule has 0 radical (unpaired) electrons. The summed E-state index contributed by atoms with van der Waals surface area (Å²) >= 11 is 0. The van der Waals surface area contributed by atoms with Crippen molar-refractivity contribution < 1.29 is 33.8 Å². The molecule has 3 heterocycles. The van der Waals surface area contributed by atoms with Gasteiger partial charge in [-0.05, 0) is 68.9 Å². The van der Waals surface area contributed by atoms with Gasteiger partial charge in [0.25, 0.3) is 11.8 Å². The number of carbonyl (C=O) groups excluding carboxylic acids is 4. The largest absolute Gasteiger partial charge is 0.493 e. The number of aliphatic hydroxyl groups is 1. The van der Waals surface area contributed by atoms with Gasteiger partial charge in [0, 0.05) is 49.7 Å². The van der Waals surface area contributed by atoms with E-state index < -0.39 is 35.9 Å². The first-order valence-electron chi connectivity index (χ1n) is 16.5. The summed E-state index contributed by atoms with van der Waals surface area (Å²) in [4.78, 5) is 59.0. The van der Waals surface area contributed by atoms with Crippen LogP contribution in [0.3, 0.4) is 0 Å². The predicted molar refractivity (Wildman–Crippen MR) is 179 cm³/mol. The average molecular weight is 679 g/mol. The number of carbonyl (C=O) groups is 4. The van der Waals surface area contributed by atoms with Crippen LogP contribution in [-0.2, 0) is 22.7 Å². The zero-order valence-electron chi connectivity index (χ0n) is 28.4. The molecule has 1 aliphatic rings. The number of hydrogen-bond acceptors (Lipinski definition) is 10. The van der Waals surface area contributed by atoms with E-state index in [1.807, 2.05) is 13.8 Å². The first-order valence-corrected chi connectivity index (χ1v) is 16.5. The van der Waals surface area contributed by atoms with Crippen LogP contribution in [0, 0.1) is 5.92 Å². The number of aryl methyl sites for hydroxylation is 1. The lowest BCUT2D eigenvalue weighted by Gasteiger charge is -2.26. The van der Waals surface area contributed by atoms with Gasteiger partial charge in [-0.25, -0.2) is 0 Å². The Morgan fingerprint density at radius 1 is 1.02 bits per heavy atom. The van der Waals surface area contributed by atoms with Gasteiger partial charge < -0.3 is 35.4 Å². The summed E-state index contributed by atoms with van der Waals surface area (Å²) in [6, 6.07) is 5.77. The van der Waals surface area contributed by atoms with Gasteiger partial charge in [-0.2, -0.15) is 0 Å². The van der Waals surface area contributed by atoms with E-state index in [4.69, 9.17) is 9.47 Å². The summed E-state index contributed by atoms with van der Waals surface area (Å²) in [5, 5.41) is 27.0. The molecule has 1 aliphatic heterocycles. The molecule has 2 aromatic heterocycles. The maximum Gasteiger partial charge on any atom is 0.253 e. The van der Waals surface area contributed by atoms with Crippen LogP contribution in [0.2, 0.25) is 0 Å². The zero-order valence-corrected chi connectivity index (χ0v) is 28.4. The van der Waals surface area contributed by atoms with E-state index in [1.165, 1.54) is 20.1 Å². The minimum atomic E-state index is -1.24. The van der Waals surface area contributed by atoms with Crippen LogP contribution in [0.15, 0.2) is 48.9 Å². The van der Waals surface area contributed by atoms with Crippen molar-refractivity contribution in [2.75, 3.05) is 26.7 Å². The van der Waals surface area contributed by atoms with Gasteiger partial charge in [-0.1, -0.05) is 19.1 Å². The molecule has 4 amide bonds. The molecule has 0 aliphatic carbocycles. The van der Waals surface area contributed by atoms with Gasteiger partial charge >= 0.3 is 0 Å². The number of nitrogens with zero attached hydrogens (tertiary/aromatic N) is 5. The molecule has 15 heteroatoms. The molecular formula is C34H46N8O7. The Morgan fingerprint density at radius 2 is 1.78 bits per heavy atom. The Kier molecular flexibility index (Phi) is 13.4. The summed E-state index contributed by atoms with van der Waals surface area (Å²) in [5.74, 6) is -1.10. The number of ether oxygens (including phenoxy) is 2. The zero-order chi connectivity index (χ0) is 35.3. The van der Waals surface area contributed by atoms with Crippen LogP contribution in [0.5, 0.6) is 11.5 Å². The lowest BCUT2D eigenvalue weighted by Crippen LogP contribution is -2.57. The number of rotatable bonds is 5. The summed E-state index contributed by atoms with van der Waals surface area (Å²) in [6.07, 6.45) is 5.75. The minimum Gasteiger partial charge on any atom is -0.493 e. The molecule has 4 N–H and O–H groups in total. The Labute approximate surface area is 285 Å². The van der Waals surface area contributed by atoms with E-state index in [-0.39, 0.29) is 37.0 Å². The van der Waals surface area contributed by atoms with Gasteiger partial charge in [-0.15, -0.1) is 5.10 Å². The number of benzene rings is 1. The average Bonchev–Trinajstić information content (AvgIpc) is 3.54. The lowest BCUT2D eigenvalue weighted by molar-refractivity contribution is -0.132. The van der Waals surface area contributed by atoms with Crippen molar-refractivity contribution in [1.29, 1.82) is 0 Å². The van der Waals surface area contributed by atoms with E-state index in [1.54, 1.807) is 52.4 Å². The third kappa shape index (κ3) is 10.7. The van der Waals surface area contributed by atoms with Gasteiger partial charge in [0.05, 0.1) is 19.4 Å². The Bertz CT molecular complexity index is 1560. The first-order chi connectivity index (χ1) is 23.5. The number of aromatic nitrogens is 4. The van der Waals surface area contributed by atoms with Crippen molar-refractivity contribution in [3.05, 3.63) is 65.7 Å². The van der Waals surface area contributed by atoms with E-state index >= 15 is 0 Å². The number of aliphatic hydroxyl groups excluding tert-OH is 1. The number of nitrogens with one attached hydrogen (secondary N) is 3. The van der Waals surface area contributed by atoms with E-state index in [2.05, 4.69) is 31.2 Å². The van der Waals surface area contributed by atoms with Crippen molar-refractivity contribution in [2.45, 2.75) is 77.8 Å². The monoisotopic (exact) mass is 678 g/mol. The number of hydrogen-bond donors (Lipinski definition) is 4. The molecule has 15 nitrogen and oxygen atoms in total. The van der Waals surface area contributed by atoms with Crippen LogP contribution in [0.4, 0.5) is 0 Å². The molecule has 0 unspecified atom stereocenters. The van der Waals surface area contributed by atoms with Crippen molar-refractivity contribution in [3.63, 3.8) is 0 Å². The molecule has 4 bridgehead atoms. The summed E-state index contributed by atoms with van der Waals surface area (Å²) in [7, 11) is 1.48. The summed E-state index contributed by atoms with van der Waals surface area (Å²) in [6.45, 7) is 6.96. The van der Waals surface area contributed by atoms with Gasteiger partial charge in [0.2, 0.25) is 11.8 Å². The number of methoxy groups -OCH3 is 1. The van der Waals surface area contributed by atoms with E-state index in [0.717, 1.165) is 0 Å². The second kappa shape index (κ2) is 17.9. The van der Waals surface area contributed by atoms with E-state index in [9.17, 15) is 24.3 Å². The molecule has 0 saturated carbocycles. The smallest absolute Gasteiger partial charge is 0.253 e. The maximum absolute atomic E-state index is 13.4. The lowest BCUT2D eigenvalue weighted by atomic mass is 10.0. The van der Waals surface area contributed by atoms with Gasteiger partial charge in [-0.3, -0.25) is 28.8 Å². The second-order valence-electron chi connectivity index (χ2n) is 12.4. The van der Waals surface area contributed by atoms with Crippen LogP contribution in [0.1, 0.15) is 72.9 Å². The summed E-state index contributed by atoms with van der Waals surface area (Å²) in [5.41, 5.74) is 1.31. The molecule has 1 aromatic carbocycles. The van der Waals surface area contributed by atoms with Gasteiger partial charge in [0.1, 0.15) is 24.4 Å². The molecule has 264 valence electrons. The molecule has 3 atom stereocenters. The SMILES string of the molecule is COc1ccc2cc1OCc1cn(nn1)CCCN(C(=O)c1ccncc1)CCCCNC(=O)[C@H]([C@@H](C)O)NC(=O)[C@@H](CC(C)C)NC2=O. The van der Waals surface area contributed by atoms with Crippen LogP contribution in [0.25, 0.3) is 0 Å². The fourth-order valence-electron chi connectivity index (χ4n) is 5.36. The predicted octanol–water partition coefficient (Wildman–Crippen LogP) is 1.71. The Balaban J connectivity index is 1.58. The van der Waals surface area contributed by atoms with E-state index in [0.29, 0.717) is 61.7 Å². The van der Waals surface area contributed by atoms with Crippen LogP contribution < -0.4 is 25.4 Å². The quantitative estimate of drug-likeness (QED) is 0.309. The Hall–Kier alpha value is -5.05. The number of fused-ring (bicyclic) bond motifs is 4. The van der Waals surface area contributed by atoms with Gasteiger partial charge in [0.15, 0.2) is 11.5 Å². The molecule has 49 heavy (non-hydrogen) atoms. The topological polar surface area (TPSA) is 190 Å². The second-order valence-corrected chi connectivity index (χ2v) is 12.4. The van der Waals surface area contributed by atoms with Crippen LogP contribution in [-0.4, -0.2) is 98.5 Å². The van der Waals surface area contributed by atoms with Crippen molar-refractivity contribution in [1.82, 2.24) is 40.8 Å². The number of pyridine rings is 1. The maximum atomic E-state index is 13.4. The van der Waals surface area contributed by atoms with Crippen molar-refractivity contribution in [3.8, 4) is 11.5 Å². The molecule has 4 rings (SSSR count). The molecular weight excluding hydrogens is 632 g/mol. The third-order valence-corrected chi connectivity index (χ3v) is 7.96. The number of amides is 4. The minimum absolute atomic E-state index is 0.0231. The van der Waals surface area contributed by atoms with Crippen molar-refractivity contribution >= 4 is 23.6 Å². The first kappa shape index (κ1) is 36.8. The molecule has 0 saturated heterocycles. The highest BCUT2D eigenvalue weighted by Crippen LogP contribution is 2.29. The highest BCUT2D eigenvalue weighted by molar-refractivity contribution is 5.99. The standard InChI is InChI=1S/C34H46N8O7/c1-22(2)18-27-32(45)38-30(23(3)43)33(46)36-12-5-6-15-41(34(47)24-10-13-35-14-11-24)16-7-17-42-20-26(39-40-42)21-49-29-19-25(31(44)37-27)8-9-28(29)48-4/h8-11,13-14,19-20,22-23,27,30,43H,5-7,12,15-18,21H2,1-4H3,(H,36,46)(H,37,44)(H,38,45)/t23-,27-,30+/m1/s1. The fraction of sp³-hybridized carbons (Fsp3) is 0.500. The molecule has 3 aromatic rings. The van der Waals surface area contributed by atoms with Crippen molar-refractivity contribution in [2.24, 2.45) is 5.92 Å². The normalized spacial score (nSPS) is 19.5. The highest BCUT2D eigenvalue weighted by Gasteiger charge is 2.30. The fourth-order valence-corrected chi connectivity index (χ4v) is 5.36. The molecule has 0 spiro atoms. The van der Waals surface area contributed by atoms with Crippen LogP contribution >= 0.6 is 0 Å².